The molecule has 1 fully saturated rings. The molecule has 0 saturated heterocycles. The lowest BCUT2D eigenvalue weighted by molar-refractivity contribution is -0.139. The van der Waals surface area contributed by atoms with Crippen LogP contribution < -0.4 is 14.4 Å². The summed E-state index contributed by atoms with van der Waals surface area (Å²) >= 11 is 0. The SMILES string of the molecule is CCc1ccccc1N(CC(=O)N(Cc1cccc(OC)c1)C(C)C(=O)NC1CCCCC1)S(=O)(=O)c1ccc(C)cc1. The monoisotopic (exact) mass is 605 g/mol. The van der Waals surface area contributed by atoms with Crippen LogP contribution in [-0.2, 0) is 32.6 Å². The van der Waals surface area contributed by atoms with Crippen molar-refractivity contribution in [2.45, 2.75) is 82.8 Å². The van der Waals surface area contributed by atoms with E-state index in [0.717, 1.165) is 48.8 Å². The van der Waals surface area contributed by atoms with Crippen LogP contribution in [0.4, 0.5) is 5.69 Å². The zero-order valence-corrected chi connectivity index (χ0v) is 26.4. The van der Waals surface area contributed by atoms with Crippen LogP contribution in [0.15, 0.2) is 77.7 Å². The molecule has 8 nitrogen and oxygen atoms in total. The average Bonchev–Trinajstić information content (AvgIpc) is 3.02. The van der Waals surface area contributed by atoms with Crippen LogP contribution in [0.3, 0.4) is 0 Å². The molecule has 3 aromatic carbocycles. The molecule has 0 aromatic heterocycles. The van der Waals surface area contributed by atoms with Gasteiger partial charge in [0.05, 0.1) is 17.7 Å². The minimum Gasteiger partial charge on any atom is -0.497 e. The fourth-order valence-electron chi connectivity index (χ4n) is 5.52. The number of aryl methyl sites for hydroxylation is 2. The third kappa shape index (κ3) is 7.96. The molecule has 0 spiro atoms. The number of anilines is 1. The predicted octanol–water partition coefficient (Wildman–Crippen LogP) is 5.63. The number of methoxy groups -OCH3 is 1. The lowest BCUT2D eigenvalue weighted by Gasteiger charge is -2.33. The van der Waals surface area contributed by atoms with Crippen molar-refractivity contribution in [2.75, 3.05) is 18.0 Å². The molecule has 1 aliphatic carbocycles. The van der Waals surface area contributed by atoms with E-state index in [2.05, 4.69) is 5.32 Å². The van der Waals surface area contributed by atoms with E-state index in [1.165, 1.54) is 9.21 Å². The molecule has 1 saturated carbocycles. The first-order valence-electron chi connectivity index (χ1n) is 15.0. The van der Waals surface area contributed by atoms with Gasteiger partial charge in [0.2, 0.25) is 11.8 Å². The van der Waals surface area contributed by atoms with Crippen molar-refractivity contribution in [2.24, 2.45) is 0 Å². The summed E-state index contributed by atoms with van der Waals surface area (Å²) in [7, 11) is -2.55. The number of nitrogens with one attached hydrogen (secondary N) is 1. The van der Waals surface area contributed by atoms with E-state index in [4.69, 9.17) is 4.74 Å². The van der Waals surface area contributed by atoms with E-state index in [1.54, 1.807) is 50.4 Å². The maximum absolute atomic E-state index is 14.3. The van der Waals surface area contributed by atoms with Crippen LogP contribution in [-0.4, -0.2) is 50.9 Å². The lowest BCUT2D eigenvalue weighted by atomic mass is 9.95. The Morgan fingerprint density at radius 2 is 1.67 bits per heavy atom. The second kappa shape index (κ2) is 14.6. The Bertz CT molecular complexity index is 1500. The first-order valence-corrected chi connectivity index (χ1v) is 16.5. The molecule has 9 heteroatoms. The number of amides is 2. The van der Waals surface area contributed by atoms with Crippen molar-refractivity contribution in [1.82, 2.24) is 10.2 Å². The molecule has 43 heavy (non-hydrogen) atoms. The van der Waals surface area contributed by atoms with Crippen molar-refractivity contribution < 1.29 is 22.7 Å². The fourth-order valence-corrected chi connectivity index (χ4v) is 6.97. The number of para-hydroxylation sites is 1. The molecule has 4 rings (SSSR count). The number of carbonyl (C=O) groups is 2. The maximum Gasteiger partial charge on any atom is 0.264 e. The number of nitrogens with zero attached hydrogens (tertiary/aromatic N) is 2. The van der Waals surface area contributed by atoms with Gasteiger partial charge in [-0.1, -0.05) is 74.2 Å². The molecule has 1 aliphatic rings. The van der Waals surface area contributed by atoms with E-state index >= 15 is 0 Å². The number of ether oxygens (including phenoxy) is 1. The van der Waals surface area contributed by atoms with Gasteiger partial charge in [-0.2, -0.15) is 0 Å². The molecule has 1 N–H and O–H groups in total. The van der Waals surface area contributed by atoms with Gasteiger partial charge in [0.15, 0.2) is 0 Å². The summed E-state index contributed by atoms with van der Waals surface area (Å²) in [5.41, 5.74) is 2.94. The standard InChI is InChI=1S/C34H43N3O5S/c1-5-28-13-9-10-17-32(28)37(43(40,41)31-20-18-25(2)19-21-31)24-33(38)36(23-27-12-11-16-30(22-27)42-4)26(3)34(39)35-29-14-7-6-8-15-29/h9-13,16-22,26,29H,5-8,14-15,23-24H2,1-4H3,(H,35,39). The van der Waals surface area contributed by atoms with Crippen LogP contribution in [0.2, 0.25) is 0 Å². The lowest BCUT2D eigenvalue weighted by Crippen LogP contribution is -2.53. The van der Waals surface area contributed by atoms with Crippen molar-refractivity contribution in [3.8, 4) is 5.75 Å². The predicted molar refractivity (Wildman–Crippen MR) is 170 cm³/mol. The number of hydrogen-bond acceptors (Lipinski definition) is 5. The van der Waals surface area contributed by atoms with E-state index in [0.29, 0.717) is 17.9 Å². The molecular formula is C34H43N3O5S. The van der Waals surface area contributed by atoms with Crippen LogP contribution in [0.5, 0.6) is 5.75 Å². The summed E-state index contributed by atoms with van der Waals surface area (Å²) in [5.74, 6) is -0.0922. The minimum absolute atomic E-state index is 0.0762. The molecule has 0 bridgehead atoms. The van der Waals surface area contributed by atoms with Gasteiger partial charge in [-0.25, -0.2) is 8.42 Å². The molecule has 2 amide bonds. The van der Waals surface area contributed by atoms with Gasteiger partial charge >= 0.3 is 0 Å². The highest BCUT2D eigenvalue weighted by molar-refractivity contribution is 7.92. The number of benzene rings is 3. The number of sulfonamides is 1. The summed E-state index contributed by atoms with van der Waals surface area (Å²) in [6.45, 7) is 5.20. The summed E-state index contributed by atoms with van der Waals surface area (Å²) < 4.78 is 34.8. The molecule has 1 unspecified atom stereocenters. The Morgan fingerprint density at radius 3 is 2.35 bits per heavy atom. The molecular weight excluding hydrogens is 562 g/mol. The normalized spacial score (nSPS) is 14.5. The van der Waals surface area contributed by atoms with Gasteiger partial charge in [0.1, 0.15) is 18.3 Å². The molecule has 0 aliphatic heterocycles. The Balaban J connectivity index is 1.71. The third-order valence-electron chi connectivity index (χ3n) is 8.13. The Morgan fingerprint density at radius 1 is 0.977 bits per heavy atom. The van der Waals surface area contributed by atoms with Gasteiger partial charge in [0.25, 0.3) is 10.0 Å². The Hall–Kier alpha value is -3.85. The molecule has 1 atom stereocenters. The van der Waals surface area contributed by atoms with Crippen LogP contribution in [0, 0.1) is 6.92 Å². The molecule has 230 valence electrons. The van der Waals surface area contributed by atoms with Crippen LogP contribution in [0.25, 0.3) is 0 Å². The van der Waals surface area contributed by atoms with Gasteiger partial charge in [-0.05, 0) is 74.6 Å². The summed E-state index contributed by atoms with van der Waals surface area (Å²) in [6.07, 6.45) is 5.70. The smallest absolute Gasteiger partial charge is 0.264 e. The van der Waals surface area contributed by atoms with Crippen molar-refractivity contribution in [3.05, 3.63) is 89.5 Å². The second-order valence-corrected chi connectivity index (χ2v) is 13.1. The molecule has 0 radical (unpaired) electrons. The van der Waals surface area contributed by atoms with Gasteiger partial charge in [-0.3, -0.25) is 13.9 Å². The van der Waals surface area contributed by atoms with Crippen LogP contribution >= 0.6 is 0 Å². The molecule has 0 heterocycles. The van der Waals surface area contributed by atoms with E-state index in [1.807, 2.05) is 50.2 Å². The van der Waals surface area contributed by atoms with Crippen molar-refractivity contribution in [3.63, 3.8) is 0 Å². The number of hydrogen-bond donors (Lipinski definition) is 1. The third-order valence-corrected chi connectivity index (χ3v) is 9.91. The zero-order chi connectivity index (χ0) is 31.0. The topological polar surface area (TPSA) is 96.0 Å². The quantitative estimate of drug-likeness (QED) is 0.289. The number of rotatable bonds is 12. The zero-order valence-electron chi connectivity index (χ0n) is 25.6. The van der Waals surface area contributed by atoms with Gasteiger partial charge in [0, 0.05) is 12.6 Å². The second-order valence-electron chi connectivity index (χ2n) is 11.2. The Kier molecular flexibility index (Phi) is 10.9. The van der Waals surface area contributed by atoms with Crippen LogP contribution in [0.1, 0.15) is 62.6 Å². The highest BCUT2D eigenvalue weighted by atomic mass is 32.2. The fraction of sp³-hybridized carbons (Fsp3) is 0.412. The van der Waals surface area contributed by atoms with E-state index in [9.17, 15) is 18.0 Å². The van der Waals surface area contributed by atoms with E-state index < -0.39 is 28.5 Å². The first kappa shape index (κ1) is 32.1. The van der Waals surface area contributed by atoms with Crippen molar-refractivity contribution >= 4 is 27.5 Å². The van der Waals surface area contributed by atoms with E-state index in [-0.39, 0.29) is 23.4 Å². The summed E-state index contributed by atoms with van der Waals surface area (Å²) in [4.78, 5) is 29.3. The summed E-state index contributed by atoms with van der Waals surface area (Å²) in [5, 5.41) is 3.14. The van der Waals surface area contributed by atoms with Gasteiger partial charge < -0.3 is 15.0 Å². The summed E-state index contributed by atoms with van der Waals surface area (Å²) in [6, 6.07) is 20.4. The largest absolute Gasteiger partial charge is 0.497 e. The minimum atomic E-state index is -4.12. The first-order chi connectivity index (χ1) is 20.6. The highest BCUT2D eigenvalue weighted by Crippen LogP contribution is 2.29. The number of carbonyl (C=O) groups excluding carboxylic acids is 2. The molecule has 3 aromatic rings. The highest BCUT2D eigenvalue weighted by Gasteiger charge is 2.34. The Labute approximate surface area is 256 Å². The maximum atomic E-state index is 14.3. The van der Waals surface area contributed by atoms with Crippen molar-refractivity contribution in [1.29, 1.82) is 0 Å². The van der Waals surface area contributed by atoms with Gasteiger partial charge in [-0.15, -0.1) is 0 Å². The average molecular weight is 606 g/mol.